The summed E-state index contributed by atoms with van der Waals surface area (Å²) < 4.78 is 1.55. The van der Waals surface area contributed by atoms with Crippen LogP contribution >= 0.6 is 23.2 Å². The normalized spacial score (nSPS) is 22.4. The molecule has 1 saturated heterocycles. The summed E-state index contributed by atoms with van der Waals surface area (Å²) in [5.41, 5.74) is 1.00. The van der Waals surface area contributed by atoms with E-state index in [1.165, 1.54) is 6.07 Å². The molecule has 0 saturated carbocycles. The average Bonchev–Trinajstić information content (AvgIpc) is 2.94. The Balaban J connectivity index is 1.84. The van der Waals surface area contributed by atoms with Gasteiger partial charge in [0.1, 0.15) is 5.82 Å². The smallest absolute Gasteiger partial charge is 0.258 e. The van der Waals surface area contributed by atoms with Gasteiger partial charge >= 0.3 is 0 Å². The van der Waals surface area contributed by atoms with E-state index in [2.05, 4.69) is 21.0 Å². The second-order valence-corrected chi connectivity index (χ2v) is 7.42. The molecule has 0 bridgehead atoms. The number of anilines is 1. The van der Waals surface area contributed by atoms with Gasteiger partial charge in [0, 0.05) is 17.1 Å². The first-order chi connectivity index (χ1) is 12.8. The monoisotopic (exact) mass is 409 g/mol. The molecule has 27 heavy (non-hydrogen) atoms. The van der Waals surface area contributed by atoms with E-state index in [1.54, 1.807) is 22.9 Å². The largest absolute Gasteiger partial charge is 0.322 e. The number of hydrogen-bond donors (Lipinski definition) is 3. The van der Waals surface area contributed by atoms with Crippen molar-refractivity contribution >= 4 is 40.8 Å². The number of carbonyl (C=O) groups excluding carboxylic acids is 2. The molecule has 1 aliphatic rings. The maximum atomic E-state index is 12.6. The molecule has 144 valence electrons. The molecule has 1 aromatic heterocycles. The number of benzene rings is 1. The Bertz CT molecular complexity index is 883. The van der Waals surface area contributed by atoms with Crippen molar-refractivity contribution in [2.24, 2.45) is 5.92 Å². The summed E-state index contributed by atoms with van der Waals surface area (Å²) in [4.78, 5) is 25.0. The molecule has 3 rings (SSSR count). The Morgan fingerprint density at radius 1 is 1.33 bits per heavy atom. The van der Waals surface area contributed by atoms with Gasteiger partial charge in [0.25, 0.3) is 5.91 Å². The number of carbonyl (C=O) groups is 2. The van der Waals surface area contributed by atoms with E-state index in [4.69, 9.17) is 23.2 Å². The van der Waals surface area contributed by atoms with Crippen molar-refractivity contribution in [3.8, 4) is 0 Å². The van der Waals surface area contributed by atoms with Gasteiger partial charge in [-0.3, -0.25) is 14.9 Å². The van der Waals surface area contributed by atoms with E-state index in [0.29, 0.717) is 22.1 Å². The summed E-state index contributed by atoms with van der Waals surface area (Å²) in [7, 11) is 0. The third-order valence-corrected chi connectivity index (χ3v) is 5.15. The number of aromatic nitrogens is 2. The molecule has 2 heterocycles. The highest BCUT2D eigenvalue weighted by molar-refractivity contribution is 6.37. The predicted octanol–water partition coefficient (Wildman–Crippen LogP) is 3.34. The van der Waals surface area contributed by atoms with Gasteiger partial charge in [-0.05, 0) is 38.5 Å². The summed E-state index contributed by atoms with van der Waals surface area (Å²) >= 11 is 12.0. The number of nitrogens with one attached hydrogen (secondary N) is 3. The van der Waals surface area contributed by atoms with E-state index < -0.39 is 6.29 Å². The highest BCUT2D eigenvalue weighted by Crippen LogP contribution is 2.24. The molecule has 1 aromatic carbocycles. The molecule has 7 nitrogen and oxygen atoms in total. The Morgan fingerprint density at radius 2 is 2.07 bits per heavy atom. The van der Waals surface area contributed by atoms with Gasteiger partial charge in [-0.25, -0.2) is 4.68 Å². The summed E-state index contributed by atoms with van der Waals surface area (Å²) in [6.07, 6.45) is 0.184. The lowest BCUT2D eigenvalue weighted by Gasteiger charge is -2.35. The highest BCUT2D eigenvalue weighted by Gasteiger charge is 2.34. The van der Waals surface area contributed by atoms with Crippen molar-refractivity contribution in [3.05, 3.63) is 45.6 Å². The second-order valence-electron chi connectivity index (χ2n) is 6.58. The molecule has 1 fully saturated rings. The Labute approximate surface area is 167 Å². The van der Waals surface area contributed by atoms with E-state index in [-0.39, 0.29) is 28.8 Å². The van der Waals surface area contributed by atoms with Crippen LogP contribution in [0.5, 0.6) is 0 Å². The van der Waals surface area contributed by atoms with Crippen LogP contribution in [0, 0.1) is 12.8 Å². The zero-order valence-corrected chi connectivity index (χ0v) is 16.7. The first kappa shape index (κ1) is 19.7. The molecule has 0 spiro atoms. The Hall–Kier alpha value is -2.09. The molecule has 1 aliphatic heterocycles. The number of hydrogen-bond acceptors (Lipinski definition) is 4. The minimum Gasteiger partial charge on any atom is -0.322 e. The molecular formula is C18H21Cl2N5O2. The van der Waals surface area contributed by atoms with Crippen molar-refractivity contribution in [1.82, 2.24) is 20.4 Å². The van der Waals surface area contributed by atoms with E-state index in [0.717, 1.165) is 6.42 Å². The lowest BCUT2D eigenvalue weighted by molar-refractivity contribution is -0.130. The van der Waals surface area contributed by atoms with Crippen molar-refractivity contribution < 1.29 is 9.59 Å². The molecule has 3 atom stereocenters. The summed E-state index contributed by atoms with van der Waals surface area (Å²) in [6.45, 7) is 5.74. The Kier molecular flexibility index (Phi) is 5.74. The van der Waals surface area contributed by atoms with Gasteiger partial charge in [0.15, 0.2) is 6.29 Å². The molecular weight excluding hydrogens is 389 g/mol. The van der Waals surface area contributed by atoms with Gasteiger partial charge in [-0.2, -0.15) is 5.10 Å². The molecule has 2 aromatic rings. The van der Waals surface area contributed by atoms with Crippen LogP contribution in [0.1, 0.15) is 42.6 Å². The van der Waals surface area contributed by atoms with Crippen LogP contribution in [-0.2, 0) is 4.79 Å². The maximum Gasteiger partial charge on any atom is 0.258 e. The lowest BCUT2D eigenvalue weighted by atomic mass is 9.95. The van der Waals surface area contributed by atoms with E-state index in [1.807, 2.05) is 20.8 Å². The molecule has 9 heteroatoms. The maximum absolute atomic E-state index is 12.6. The number of halogens is 2. The molecule has 3 N–H and O–H groups in total. The van der Waals surface area contributed by atoms with Gasteiger partial charge < -0.3 is 10.6 Å². The number of nitrogens with zero attached hydrogens (tertiary/aromatic N) is 2. The third kappa shape index (κ3) is 4.10. The molecule has 3 unspecified atom stereocenters. The lowest BCUT2D eigenvalue weighted by Crippen LogP contribution is -2.57. The van der Waals surface area contributed by atoms with Crippen LogP contribution in [0.25, 0.3) is 0 Å². The number of amides is 2. The van der Waals surface area contributed by atoms with Crippen LogP contribution in [0.15, 0.2) is 24.3 Å². The van der Waals surface area contributed by atoms with Gasteiger partial charge in [-0.15, -0.1) is 0 Å². The zero-order valence-electron chi connectivity index (χ0n) is 15.2. The fraction of sp³-hybridized carbons (Fsp3) is 0.389. The van der Waals surface area contributed by atoms with Crippen LogP contribution in [0.3, 0.4) is 0 Å². The number of rotatable bonds is 4. The SMILES string of the molecule is CCC1C(=O)NC(n2nc(C)cc2NC(=O)c2ccc(Cl)cc2Cl)NC1C. The van der Waals surface area contributed by atoms with Crippen LogP contribution < -0.4 is 16.0 Å². The fourth-order valence-electron chi connectivity index (χ4n) is 3.21. The second kappa shape index (κ2) is 7.88. The molecule has 2 amide bonds. The number of aryl methyl sites for hydroxylation is 1. The van der Waals surface area contributed by atoms with Crippen LogP contribution in [0.2, 0.25) is 10.0 Å². The molecule has 0 radical (unpaired) electrons. The van der Waals surface area contributed by atoms with Crippen molar-refractivity contribution in [3.63, 3.8) is 0 Å². The van der Waals surface area contributed by atoms with Crippen molar-refractivity contribution in [2.45, 2.75) is 39.5 Å². The topological polar surface area (TPSA) is 88.1 Å². The zero-order chi connectivity index (χ0) is 19.7. The average molecular weight is 410 g/mol. The van der Waals surface area contributed by atoms with E-state index in [9.17, 15) is 9.59 Å². The van der Waals surface area contributed by atoms with Crippen molar-refractivity contribution in [2.75, 3.05) is 5.32 Å². The summed E-state index contributed by atoms with van der Waals surface area (Å²) in [5, 5.41) is 14.1. The minimum absolute atomic E-state index is 0.0208. The predicted molar refractivity (Wildman–Crippen MR) is 105 cm³/mol. The van der Waals surface area contributed by atoms with Gasteiger partial charge in [0.05, 0.1) is 22.2 Å². The molecule has 0 aliphatic carbocycles. The highest BCUT2D eigenvalue weighted by atomic mass is 35.5. The van der Waals surface area contributed by atoms with Crippen LogP contribution in [0.4, 0.5) is 5.82 Å². The minimum atomic E-state index is -0.556. The summed E-state index contributed by atoms with van der Waals surface area (Å²) in [6, 6.07) is 6.37. The standard InChI is InChI=1S/C18H21Cl2N5O2/c1-4-12-10(3)21-18(23-16(12)26)25-15(7-9(2)24-25)22-17(27)13-6-5-11(19)8-14(13)20/h5-8,10,12,18,21H,4H2,1-3H3,(H,22,27)(H,23,26). The third-order valence-electron chi connectivity index (χ3n) is 4.60. The first-order valence-electron chi connectivity index (χ1n) is 8.69. The van der Waals surface area contributed by atoms with E-state index >= 15 is 0 Å². The quantitative estimate of drug-likeness (QED) is 0.722. The van der Waals surface area contributed by atoms with Gasteiger partial charge in [-0.1, -0.05) is 30.1 Å². The first-order valence-corrected chi connectivity index (χ1v) is 9.44. The Morgan fingerprint density at radius 3 is 2.70 bits per heavy atom. The van der Waals surface area contributed by atoms with Crippen molar-refractivity contribution in [1.29, 1.82) is 0 Å². The van der Waals surface area contributed by atoms with Gasteiger partial charge in [0.2, 0.25) is 5.91 Å². The summed E-state index contributed by atoms with van der Waals surface area (Å²) in [5.74, 6) is -0.0911. The van der Waals surface area contributed by atoms with Crippen LogP contribution in [-0.4, -0.2) is 27.6 Å². The fourth-order valence-corrected chi connectivity index (χ4v) is 3.70.